The molecular weight excluding hydrogens is 1730 g/mol. The van der Waals surface area contributed by atoms with Gasteiger partial charge in [-0.2, -0.15) is 0 Å². The SMILES string of the molecule is CC1(C)C2=C(c3cc(-c4nc(-c5ccccc5)c5ccccc5n4)ccc31)c1ccccc1C(c1ccccc1)(c1ccccc1)c1ccccc12.CC1(C)C2=C(c3ccccc3C(C)(C)c3ccccc32)c2c(-c3cc(-c4ccccn4)cc(-c4ccccn4)n3)cccc21.c1ccc(-c2ccc3c(c2)-c2c(oc4ccccc24)-c2ccccc2N3c2cc(-c3cccnc3)cc(-c3cccnc3)c2)cc1. The van der Waals surface area contributed by atoms with Crippen LogP contribution in [0.2, 0.25) is 0 Å². The van der Waals surface area contributed by atoms with E-state index in [9.17, 15) is 0 Å². The van der Waals surface area contributed by atoms with Gasteiger partial charge in [0.25, 0.3) is 0 Å². The van der Waals surface area contributed by atoms with Crippen molar-refractivity contribution < 1.29 is 4.42 Å². The molecule has 15 aromatic carbocycles. The van der Waals surface area contributed by atoms with E-state index in [0.717, 1.165) is 146 Å². The summed E-state index contributed by atoms with van der Waals surface area (Å²) in [5, 5.41) is 2.15. The highest BCUT2D eigenvalue weighted by Gasteiger charge is 2.51. The Morgan fingerprint density at radius 2 is 0.739 bits per heavy atom. The molecule has 22 aromatic rings. The summed E-state index contributed by atoms with van der Waals surface area (Å²) < 4.78 is 6.73. The van der Waals surface area contributed by atoms with Gasteiger partial charge in [-0.3, -0.25) is 19.9 Å². The Morgan fingerprint density at radius 1 is 0.254 bits per heavy atom. The van der Waals surface area contributed by atoms with Crippen molar-refractivity contribution in [1.29, 1.82) is 0 Å². The van der Waals surface area contributed by atoms with E-state index < -0.39 is 5.41 Å². The number of para-hydroxylation sites is 3. The van der Waals surface area contributed by atoms with Crippen molar-refractivity contribution >= 4 is 61.2 Å². The van der Waals surface area contributed by atoms with Crippen molar-refractivity contribution in [3.8, 4) is 112 Å². The van der Waals surface area contributed by atoms with Crippen molar-refractivity contribution in [2.24, 2.45) is 0 Å². The third-order valence-electron chi connectivity index (χ3n) is 29.7. The van der Waals surface area contributed by atoms with Crippen LogP contribution < -0.4 is 4.90 Å². The molecule has 9 heteroatoms. The molecule has 0 atom stereocenters. The van der Waals surface area contributed by atoms with Crippen LogP contribution in [0.4, 0.5) is 17.1 Å². The lowest BCUT2D eigenvalue weighted by atomic mass is 9.62. The predicted molar refractivity (Wildman–Crippen MR) is 581 cm³/mol. The van der Waals surface area contributed by atoms with Gasteiger partial charge in [0.1, 0.15) is 11.3 Å². The van der Waals surface area contributed by atoms with E-state index >= 15 is 0 Å². The number of furan rings is 1. The van der Waals surface area contributed by atoms with Gasteiger partial charge in [-0.15, -0.1) is 0 Å². The molecule has 674 valence electrons. The average molecular weight is 1820 g/mol. The lowest BCUT2D eigenvalue weighted by molar-refractivity contribution is 0.633. The Hall–Kier alpha value is -17.8. The molecule has 0 amide bonds. The summed E-state index contributed by atoms with van der Waals surface area (Å²) in [5.74, 6) is 1.61. The van der Waals surface area contributed by atoms with E-state index in [0.29, 0.717) is 0 Å². The topological polar surface area (TPSA) is 107 Å². The Balaban J connectivity index is 0.000000112. The van der Waals surface area contributed by atoms with Gasteiger partial charge in [0.2, 0.25) is 0 Å². The highest BCUT2D eigenvalue weighted by Crippen LogP contribution is 2.64. The fraction of sp³-hybridized carbons (Fsp3) is 0.0752. The van der Waals surface area contributed by atoms with Gasteiger partial charge in [0, 0.05) is 120 Å². The number of allylic oxidation sites excluding steroid dienone is 2. The molecule has 7 aromatic heterocycles. The van der Waals surface area contributed by atoms with Crippen LogP contribution in [-0.4, -0.2) is 34.9 Å². The maximum atomic E-state index is 6.73. The van der Waals surface area contributed by atoms with E-state index in [1.165, 1.54) is 106 Å². The minimum atomic E-state index is -0.542. The zero-order valence-electron chi connectivity index (χ0n) is 79.5. The molecule has 0 bridgehead atoms. The minimum Gasteiger partial charge on any atom is -0.455 e. The molecule has 1 aliphatic heterocycles. The van der Waals surface area contributed by atoms with Crippen molar-refractivity contribution in [2.75, 3.05) is 4.90 Å². The van der Waals surface area contributed by atoms with Gasteiger partial charge in [-0.05, 0) is 232 Å². The normalized spacial score (nSPS) is 14.1. The van der Waals surface area contributed by atoms with Crippen LogP contribution >= 0.6 is 0 Å². The summed E-state index contributed by atoms with van der Waals surface area (Å²) in [5.41, 5.74) is 45.9. The van der Waals surface area contributed by atoms with Crippen LogP contribution in [-0.2, 0) is 21.7 Å². The maximum Gasteiger partial charge on any atom is 0.160 e. The fourth-order valence-corrected chi connectivity index (χ4v) is 23.3. The van der Waals surface area contributed by atoms with Gasteiger partial charge >= 0.3 is 0 Å². The number of rotatable bonds is 11. The Kier molecular flexibility index (Phi) is 21.0. The third-order valence-corrected chi connectivity index (χ3v) is 29.7. The monoisotopic (exact) mass is 1820 g/mol. The molecule has 8 heterocycles. The van der Waals surface area contributed by atoms with E-state index in [-0.39, 0.29) is 16.2 Å². The molecular formula is C133H96N8O. The first-order valence-corrected chi connectivity index (χ1v) is 48.8. The highest BCUT2D eigenvalue weighted by atomic mass is 16.3. The standard InChI is InChI=1S/C50H36N2.C42H27N3O.C41H33N3/c1-49(2)41-31-30-34(48-51-44-29-17-14-26-39(44)47(52-48)33-18-6-3-7-19-33)32-40(41)45-37-24-12-15-27-42(37)50(35-20-8-4-9-21-35,36-22-10-5-11-23-36)43-28-16-13-25-38(43)46(45)49;1-2-10-28(11-3-1)29-18-19-39-37(25-29)41-36-15-5-7-17-40(36)46-42(41)35-14-4-6-16-38(35)45(39)34-23-32(30-12-8-20-43-26-30)22-33(24-34)31-13-9-21-44-27-31;1-40(2)30-17-7-5-14-27(30)38-37-29(16-13-19-32(37)41(3,4)39(38)28-15-6-8-18-31(28)40)35-24-26(33-20-9-11-22-42-33)25-36(44-35)34-21-10-12-23-43-34/h3-32H,1-2H3;1-27H;5-25H,1-4H3. The first-order valence-electron chi connectivity index (χ1n) is 48.8. The van der Waals surface area contributed by atoms with E-state index in [4.69, 9.17) is 24.4 Å². The molecule has 4 aliphatic carbocycles. The zero-order chi connectivity index (χ0) is 95.4. The summed E-state index contributed by atoms with van der Waals surface area (Å²) in [6, 6.07) is 156. The number of aromatic nitrogens is 7. The summed E-state index contributed by atoms with van der Waals surface area (Å²) in [6.07, 6.45) is 11.1. The molecule has 27 rings (SSSR count). The second kappa shape index (κ2) is 34.7. The third kappa shape index (κ3) is 14.2. The second-order valence-corrected chi connectivity index (χ2v) is 38.9. The second-order valence-electron chi connectivity index (χ2n) is 38.9. The molecule has 142 heavy (non-hydrogen) atoms. The van der Waals surface area contributed by atoms with Gasteiger partial charge in [0.15, 0.2) is 5.82 Å². The van der Waals surface area contributed by atoms with Crippen molar-refractivity contribution in [2.45, 2.75) is 63.2 Å². The number of hydrogen-bond acceptors (Lipinski definition) is 9. The molecule has 0 saturated carbocycles. The number of nitrogens with zero attached hydrogens (tertiary/aromatic N) is 8. The smallest absolute Gasteiger partial charge is 0.160 e. The molecule has 9 nitrogen and oxygen atoms in total. The molecule has 0 N–H and O–H groups in total. The summed E-state index contributed by atoms with van der Waals surface area (Å²) in [4.78, 5) is 36.4. The highest BCUT2D eigenvalue weighted by molar-refractivity contribution is 6.15. The fourth-order valence-electron chi connectivity index (χ4n) is 23.3. The molecule has 0 fully saturated rings. The van der Waals surface area contributed by atoms with E-state index in [1.807, 2.05) is 91.8 Å². The van der Waals surface area contributed by atoms with Crippen LogP contribution in [0.15, 0.2) is 478 Å². The summed E-state index contributed by atoms with van der Waals surface area (Å²) in [7, 11) is 0. The Bertz CT molecular complexity index is 8620. The van der Waals surface area contributed by atoms with Crippen molar-refractivity contribution in [1.82, 2.24) is 34.9 Å². The van der Waals surface area contributed by atoms with Gasteiger partial charge in [-0.25, -0.2) is 15.0 Å². The maximum absolute atomic E-state index is 6.73. The van der Waals surface area contributed by atoms with Crippen molar-refractivity contribution in [3.63, 3.8) is 0 Å². The van der Waals surface area contributed by atoms with Crippen LogP contribution in [0.25, 0.3) is 157 Å². The molecule has 0 saturated heterocycles. The summed E-state index contributed by atoms with van der Waals surface area (Å²) >= 11 is 0. The number of hydrogen-bond donors (Lipinski definition) is 0. The summed E-state index contributed by atoms with van der Waals surface area (Å²) in [6.45, 7) is 14.3. The largest absolute Gasteiger partial charge is 0.455 e. The Morgan fingerprint density at radius 3 is 1.39 bits per heavy atom. The van der Waals surface area contributed by atoms with Gasteiger partial charge < -0.3 is 9.32 Å². The number of benzene rings is 15. The van der Waals surface area contributed by atoms with E-state index in [2.05, 4.69) is 444 Å². The molecule has 0 spiro atoms. The van der Waals surface area contributed by atoms with Crippen LogP contribution in [0.5, 0.6) is 0 Å². The molecule has 0 radical (unpaired) electrons. The quantitative estimate of drug-likeness (QED) is 0.125. The lowest BCUT2D eigenvalue weighted by Gasteiger charge is -2.39. The zero-order valence-corrected chi connectivity index (χ0v) is 79.5. The van der Waals surface area contributed by atoms with Crippen LogP contribution in [0.1, 0.15) is 119 Å². The number of fused-ring (bicyclic) bond motifs is 20. The molecule has 0 unspecified atom stereocenters. The minimum absolute atomic E-state index is 0.161. The van der Waals surface area contributed by atoms with E-state index in [1.54, 1.807) is 0 Å². The Labute approximate surface area is 827 Å². The van der Waals surface area contributed by atoms with Gasteiger partial charge in [-0.1, -0.05) is 369 Å². The first-order chi connectivity index (χ1) is 69.7. The number of anilines is 3. The van der Waals surface area contributed by atoms with Crippen LogP contribution in [0.3, 0.4) is 0 Å². The van der Waals surface area contributed by atoms with Crippen LogP contribution in [0, 0.1) is 0 Å². The van der Waals surface area contributed by atoms with Gasteiger partial charge in [0.05, 0.1) is 50.8 Å². The van der Waals surface area contributed by atoms with Crippen molar-refractivity contribution in [3.05, 3.63) is 552 Å². The average Bonchev–Trinajstić information content (AvgIpc) is 1.52. The predicted octanol–water partition coefficient (Wildman–Crippen LogP) is 33.0. The molecule has 5 aliphatic rings. The number of pyridine rings is 5. The lowest BCUT2D eigenvalue weighted by Crippen LogP contribution is -2.33. The first kappa shape index (κ1) is 85.8.